The lowest BCUT2D eigenvalue weighted by Gasteiger charge is -2.27. The molecule has 0 aliphatic carbocycles. The molecule has 2 rings (SSSR count). The summed E-state index contributed by atoms with van der Waals surface area (Å²) in [4.78, 5) is 36.7. The number of nitrogens with zero attached hydrogens (tertiary/aromatic N) is 2. The van der Waals surface area contributed by atoms with Crippen LogP contribution in [0.3, 0.4) is 0 Å². The summed E-state index contributed by atoms with van der Waals surface area (Å²) in [6, 6.07) is 13.5. The van der Waals surface area contributed by atoms with Crippen molar-refractivity contribution in [3.63, 3.8) is 0 Å². The van der Waals surface area contributed by atoms with Gasteiger partial charge < -0.3 is 20.3 Å². The second-order valence-electron chi connectivity index (χ2n) is 8.53. The van der Waals surface area contributed by atoms with Crippen LogP contribution in [0.25, 0.3) is 0 Å². The molecule has 0 aliphatic rings. The highest BCUT2D eigenvalue weighted by molar-refractivity contribution is 5.91. The average molecular weight is 457 g/mol. The fraction of sp³-hybridized carbons (Fsp3) is 0.417. The SMILES string of the molecule is CCN(Cc1ccccc1NC(=O)CCCNc1ccc([N+](=O)[O-])cc1)C(=O)OC(C)(C)C. The Bertz CT molecular complexity index is 954. The first-order valence-electron chi connectivity index (χ1n) is 10.9. The molecular weight excluding hydrogens is 424 g/mol. The smallest absolute Gasteiger partial charge is 0.410 e. The minimum Gasteiger partial charge on any atom is -0.444 e. The zero-order valence-corrected chi connectivity index (χ0v) is 19.6. The van der Waals surface area contributed by atoms with Gasteiger partial charge in [-0.25, -0.2) is 4.79 Å². The number of rotatable bonds is 10. The van der Waals surface area contributed by atoms with Gasteiger partial charge in [-0.3, -0.25) is 14.9 Å². The third-order valence-corrected chi connectivity index (χ3v) is 4.67. The number of hydrogen-bond acceptors (Lipinski definition) is 6. The Morgan fingerprint density at radius 2 is 1.76 bits per heavy atom. The van der Waals surface area contributed by atoms with E-state index in [4.69, 9.17) is 4.74 Å². The van der Waals surface area contributed by atoms with Crippen molar-refractivity contribution >= 4 is 29.1 Å². The summed E-state index contributed by atoms with van der Waals surface area (Å²) in [5, 5.41) is 16.8. The number of anilines is 2. The lowest BCUT2D eigenvalue weighted by Crippen LogP contribution is -2.36. The summed E-state index contributed by atoms with van der Waals surface area (Å²) in [6.45, 7) is 8.70. The van der Waals surface area contributed by atoms with E-state index in [9.17, 15) is 19.7 Å². The first-order valence-corrected chi connectivity index (χ1v) is 10.9. The van der Waals surface area contributed by atoms with Crippen molar-refractivity contribution in [2.24, 2.45) is 0 Å². The first-order chi connectivity index (χ1) is 15.6. The van der Waals surface area contributed by atoms with Gasteiger partial charge in [-0.05, 0) is 57.9 Å². The van der Waals surface area contributed by atoms with Gasteiger partial charge in [0.05, 0.1) is 11.5 Å². The lowest BCUT2D eigenvalue weighted by molar-refractivity contribution is -0.384. The largest absolute Gasteiger partial charge is 0.444 e. The molecule has 0 saturated heterocycles. The molecule has 2 aromatic rings. The molecule has 0 spiro atoms. The third kappa shape index (κ3) is 8.80. The Hall–Kier alpha value is -3.62. The molecule has 0 atom stereocenters. The molecule has 9 heteroatoms. The number of benzene rings is 2. The van der Waals surface area contributed by atoms with Crippen molar-refractivity contribution < 1.29 is 19.2 Å². The van der Waals surface area contributed by atoms with Crippen LogP contribution in [0.2, 0.25) is 0 Å². The number of amides is 2. The monoisotopic (exact) mass is 456 g/mol. The minimum atomic E-state index is -0.583. The normalized spacial score (nSPS) is 10.9. The van der Waals surface area contributed by atoms with Gasteiger partial charge >= 0.3 is 6.09 Å². The minimum absolute atomic E-state index is 0.0342. The molecule has 2 amide bonds. The molecular formula is C24H32N4O5. The first kappa shape index (κ1) is 25.6. The Balaban J connectivity index is 1.87. The number of non-ortho nitro benzene ring substituents is 1. The third-order valence-electron chi connectivity index (χ3n) is 4.67. The highest BCUT2D eigenvalue weighted by Crippen LogP contribution is 2.20. The quantitative estimate of drug-likeness (QED) is 0.289. The highest BCUT2D eigenvalue weighted by Gasteiger charge is 2.22. The number of ether oxygens (including phenoxy) is 1. The number of nitrogens with one attached hydrogen (secondary N) is 2. The molecule has 0 fully saturated rings. The molecule has 0 radical (unpaired) electrons. The Morgan fingerprint density at radius 3 is 2.36 bits per heavy atom. The van der Waals surface area contributed by atoms with E-state index in [1.54, 1.807) is 17.0 Å². The van der Waals surface area contributed by atoms with Crippen molar-refractivity contribution in [2.75, 3.05) is 23.7 Å². The summed E-state index contributed by atoms with van der Waals surface area (Å²) < 4.78 is 5.46. The van der Waals surface area contributed by atoms with Gasteiger partial charge in [0.15, 0.2) is 0 Å². The predicted octanol–water partition coefficient (Wildman–Crippen LogP) is 5.18. The predicted molar refractivity (Wildman–Crippen MR) is 128 cm³/mol. The van der Waals surface area contributed by atoms with E-state index in [2.05, 4.69) is 10.6 Å². The zero-order valence-electron chi connectivity index (χ0n) is 19.6. The lowest BCUT2D eigenvalue weighted by atomic mass is 10.1. The van der Waals surface area contributed by atoms with Crippen molar-refractivity contribution in [1.29, 1.82) is 0 Å². The van der Waals surface area contributed by atoms with Crippen LogP contribution >= 0.6 is 0 Å². The van der Waals surface area contributed by atoms with Crippen LogP contribution < -0.4 is 10.6 Å². The van der Waals surface area contributed by atoms with Crippen molar-refractivity contribution in [1.82, 2.24) is 4.90 Å². The molecule has 0 unspecified atom stereocenters. The van der Waals surface area contributed by atoms with Crippen LogP contribution in [-0.4, -0.2) is 40.5 Å². The molecule has 0 heterocycles. The van der Waals surface area contributed by atoms with E-state index in [0.717, 1.165) is 11.3 Å². The van der Waals surface area contributed by atoms with Gasteiger partial charge in [0.25, 0.3) is 5.69 Å². The van der Waals surface area contributed by atoms with Crippen LogP contribution in [0.1, 0.15) is 46.1 Å². The average Bonchev–Trinajstić information content (AvgIpc) is 2.75. The van der Waals surface area contributed by atoms with Gasteiger partial charge in [-0.1, -0.05) is 18.2 Å². The second kappa shape index (κ2) is 11.8. The molecule has 0 bridgehead atoms. The Morgan fingerprint density at radius 1 is 1.09 bits per heavy atom. The topological polar surface area (TPSA) is 114 Å². The molecule has 178 valence electrons. The van der Waals surface area contributed by atoms with E-state index in [1.165, 1.54) is 12.1 Å². The van der Waals surface area contributed by atoms with E-state index < -0.39 is 16.6 Å². The van der Waals surface area contributed by atoms with Crippen molar-refractivity contribution in [3.8, 4) is 0 Å². The number of para-hydroxylation sites is 1. The zero-order chi connectivity index (χ0) is 24.4. The maximum Gasteiger partial charge on any atom is 0.410 e. The van der Waals surface area contributed by atoms with Crippen LogP contribution in [0, 0.1) is 10.1 Å². The van der Waals surface area contributed by atoms with Crippen LogP contribution in [-0.2, 0) is 16.1 Å². The fourth-order valence-electron chi connectivity index (χ4n) is 3.01. The molecule has 9 nitrogen and oxygen atoms in total. The van der Waals surface area contributed by atoms with Crippen LogP contribution in [0.5, 0.6) is 0 Å². The maximum atomic E-state index is 12.5. The maximum absolute atomic E-state index is 12.5. The van der Waals surface area contributed by atoms with Gasteiger partial charge in [-0.2, -0.15) is 0 Å². The van der Waals surface area contributed by atoms with E-state index in [0.29, 0.717) is 38.2 Å². The molecule has 0 saturated carbocycles. The standard InChI is InChI=1S/C24H32N4O5/c1-5-27(23(30)33-24(2,3)4)17-18-9-6-7-10-21(18)26-22(29)11-8-16-25-19-12-14-20(15-13-19)28(31)32/h6-7,9-10,12-15,25H,5,8,11,16-17H2,1-4H3,(H,26,29). The van der Waals surface area contributed by atoms with Gasteiger partial charge in [0.2, 0.25) is 5.91 Å². The van der Waals surface area contributed by atoms with Gasteiger partial charge in [0.1, 0.15) is 5.60 Å². The number of nitro benzene ring substituents is 1. The summed E-state index contributed by atoms with van der Waals surface area (Å²) in [7, 11) is 0. The molecule has 0 aromatic heterocycles. The summed E-state index contributed by atoms with van der Waals surface area (Å²) in [6.07, 6.45) is 0.491. The second-order valence-corrected chi connectivity index (χ2v) is 8.53. The molecule has 0 aliphatic heterocycles. The van der Waals surface area contributed by atoms with Crippen molar-refractivity contribution in [2.45, 2.75) is 52.7 Å². The highest BCUT2D eigenvalue weighted by atomic mass is 16.6. The number of carbonyl (C=O) groups excluding carboxylic acids is 2. The Labute approximate surface area is 194 Å². The summed E-state index contributed by atoms with van der Waals surface area (Å²) >= 11 is 0. The number of carbonyl (C=O) groups is 2. The van der Waals surface area contributed by atoms with E-state index in [-0.39, 0.29) is 11.6 Å². The summed E-state index contributed by atoms with van der Waals surface area (Å²) in [5.74, 6) is -0.131. The molecule has 33 heavy (non-hydrogen) atoms. The molecule has 2 aromatic carbocycles. The van der Waals surface area contributed by atoms with Gasteiger partial charge in [-0.15, -0.1) is 0 Å². The Kier molecular flexibility index (Phi) is 9.20. The fourth-order valence-corrected chi connectivity index (χ4v) is 3.01. The van der Waals surface area contributed by atoms with Crippen LogP contribution in [0.4, 0.5) is 21.9 Å². The van der Waals surface area contributed by atoms with E-state index in [1.807, 2.05) is 52.0 Å². The van der Waals surface area contributed by atoms with E-state index >= 15 is 0 Å². The number of hydrogen-bond donors (Lipinski definition) is 2. The molecule has 2 N–H and O–H groups in total. The van der Waals surface area contributed by atoms with Crippen molar-refractivity contribution in [3.05, 3.63) is 64.2 Å². The number of nitro groups is 1. The van der Waals surface area contributed by atoms with Gasteiger partial charge in [0, 0.05) is 43.0 Å². The summed E-state index contributed by atoms with van der Waals surface area (Å²) in [5.41, 5.74) is 1.69. The van der Waals surface area contributed by atoms with Crippen LogP contribution in [0.15, 0.2) is 48.5 Å².